The molecule has 0 spiro atoms. The van der Waals surface area contributed by atoms with Crippen LogP contribution in [0.5, 0.6) is 0 Å². The van der Waals surface area contributed by atoms with Crippen LogP contribution in [-0.2, 0) is 0 Å². The second kappa shape index (κ2) is 5.56. The molecule has 2 heteroatoms. The van der Waals surface area contributed by atoms with E-state index in [-0.39, 0.29) is 12.5 Å². The number of hydrogen-bond donors (Lipinski definition) is 2. The summed E-state index contributed by atoms with van der Waals surface area (Å²) in [6, 6.07) is 0. The Labute approximate surface area is 69.2 Å². The Morgan fingerprint density at radius 3 is 2.09 bits per heavy atom. The lowest BCUT2D eigenvalue weighted by Gasteiger charge is -2.24. The minimum absolute atomic E-state index is 0.108. The topological polar surface area (TPSA) is 40.5 Å². The fourth-order valence-corrected chi connectivity index (χ4v) is 1.44. The van der Waals surface area contributed by atoms with Gasteiger partial charge in [0.15, 0.2) is 0 Å². The molecule has 0 aliphatic rings. The maximum Gasteiger partial charge on any atom is 0.0801 e. The fraction of sp³-hybridized carbons (Fsp3) is 1.00. The zero-order chi connectivity index (χ0) is 8.85. The van der Waals surface area contributed by atoms with Gasteiger partial charge in [-0.3, -0.25) is 0 Å². The zero-order valence-electron chi connectivity index (χ0n) is 7.75. The summed E-state index contributed by atoms with van der Waals surface area (Å²) in [5.74, 6) is 0.710. The second-order valence-corrected chi connectivity index (χ2v) is 3.45. The molecule has 2 atom stereocenters. The number of rotatable bonds is 5. The van der Waals surface area contributed by atoms with Crippen LogP contribution < -0.4 is 0 Å². The van der Waals surface area contributed by atoms with E-state index in [1.54, 1.807) is 0 Å². The van der Waals surface area contributed by atoms with E-state index in [1.807, 2.05) is 0 Å². The summed E-state index contributed by atoms with van der Waals surface area (Å²) in [6.45, 7) is 6.15. The van der Waals surface area contributed by atoms with Crippen LogP contribution in [0.15, 0.2) is 0 Å². The van der Waals surface area contributed by atoms with Gasteiger partial charge < -0.3 is 10.2 Å². The zero-order valence-corrected chi connectivity index (χ0v) is 7.75. The van der Waals surface area contributed by atoms with Crippen molar-refractivity contribution in [3.8, 4) is 0 Å². The standard InChI is InChI=1S/C9H20O2/c1-4-5-8(7(2)3)9(11)6-10/h7-11H,4-6H2,1-3H3/t8-,9+/m0/s1. The smallest absolute Gasteiger partial charge is 0.0801 e. The number of aliphatic hydroxyl groups is 2. The van der Waals surface area contributed by atoms with E-state index in [4.69, 9.17) is 5.11 Å². The monoisotopic (exact) mass is 160 g/mol. The van der Waals surface area contributed by atoms with E-state index >= 15 is 0 Å². The Hall–Kier alpha value is -0.0800. The van der Waals surface area contributed by atoms with Crippen LogP contribution in [0.2, 0.25) is 0 Å². The molecule has 68 valence electrons. The Balaban J connectivity index is 3.87. The minimum atomic E-state index is -0.532. The van der Waals surface area contributed by atoms with E-state index in [1.165, 1.54) is 0 Å². The highest BCUT2D eigenvalue weighted by Gasteiger charge is 2.20. The van der Waals surface area contributed by atoms with Gasteiger partial charge in [0.25, 0.3) is 0 Å². The van der Waals surface area contributed by atoms with Crippen molar-refractivity contribution in [3.05, 3.63) is 0 Å². The molecule has 0 aliphatic carbocycles. The average molecular weight is 160 g/mol. The number of aliphatic hydroxyl groups excluding tert-OH is 2. The summed E-state index contributed by atoms with van der Waals surface area (Å²) in [4.78, 5) is 0. The first-order chi connectivity index (χ1) is 5.13. The molecule has 2 nitrogen and oxygen atoms in total. The maximum atomic E-state index is 9.37. The predicted molar refractivity (Wildman–Crippen MR) is 46.3 cm³/mol. The molecule has 11 heavy (non-hydrogen) atoms. The van der Waals surface area contributed by atoms with Crippen molar-refractivity contribution >= 4 is 0 Å². The van der Waals surface area contributed by atoms with Gasteiger partial charge in [0.1, 0.15) is 0 Å². The largest absolute Gasteiger partial charge is 0.394 e. The van der Waals surface area contributed by atoms with Crippen LogP contribution in [0.25, 0.3) is 0 Å². The third kappa shape index (κ3) is 3.73. The molecule has 0 rings (SSSR count). The summed E-state index contributed by atoms with van der Waals surface area (Å²) in [6.07, 6.45) is 1.54. The van der Waals surface area contributed by atoms with Gasteiger partial charge in [-0.15, -0.1) is 0 Å². The second-order valence-electron chi connectivity index (χ2n) is 3.45. The molecule has 0 aliphatic heterocycles. The lowest BCUT2D eigenvalue weighted by molar-refractivity contribution is 0.0251. The van der Waals surface area contributed by atoms with Gasteiger partial charge >= 0.3 is 0 Å². The van der Waals surface area contributed by atoms with Crippen molar-refractivity contribution in [3.63, 3.8) is 0 Å². The molecule has 2 N–H and O–H groups in total. The molecule has 0 radical (unpaired) electrons. The number of hydrogen-bond acceptors (Lipinski definition) is 2. The van der Waals surface area contributed by atoms with Gasteiger partial charge in [0.2, 0.25) is 0 Å². The van der Waals surface area contributed by atoms with Crippen LogP contribution in [-0.4, -0.2) is 22.9 Å². The van der Waals surface area contributed by atoms with Gasteiger partial charge in [-0.25, -0.2) is 0 Å². The van der Waals surface area contributed by atoms with Crippen LogP contribution >= 0.6 is 0 Å². The summed E-state index contributed by atoms with van der Waals surface area (Å²) >= 11 is 0. The van der Waals surface area contributed by atoms with E-state index < -0.39 is 6.10 Å². The molecule has 0 saturated carbocycles. The van der Waals surface area contributed by atoms with Crippen molar-refractivity contribution in [2.24, 2.45) is 11.8 Å². The highest BCUT2D eigenvalue weighted by Crippen LogP contribution is 2.20. The van der Waals surface area contributed by atoms with Crippen LogP contribution in [0.1, 0.15) is 33.6 Å². The lowest BCUT2D eigenvalue weighted by Crippen LogP contribution is -2.28. The van der Waals surface area contributed by atoms with Crippen LogP contribution in [0.4, 0.5) is 0 Å². The van der Waals surface area contributed by atoms with Gasteiger partial charge in [-0.2, -0.15) is 0 Å². The van der Waals surface area contributed by atoms with E-state index in [0.717, 1.165) is 12.8 Å². The van der Waals surface area contributed by atoms with Gasteiger partial charge in [0, 0.05) is 0 Å². The van der Waals surface area contributed by atoms with Crippen LogP contribution in [0, 0.1) is 11.8 Å². The Morgan fingerprint density at radius 1 is 1.27 bits per heavy atom. The Bertz CT molecular complexity index is 91.6. The molecule has 0 amide bonds. The van der Waals surface area contributed by atoms with Crippen molar-refractivity contribution < 1.29 is 10.2 Å². The van der Waals surface area contributed by atoms with Crippen molar-refractivity contribution in [1.29, 1.82) is 0 Å². The molecular weight excluding hydrogens is 140 g/mol. The highest BCUT2D eigenvalue weighted by molar-refractivity contribution is 4.70. The third-order valence-electron chi connectivity index (χ3n) is 2.16. The molecule has 0 fully saturated rings. The van der Waals surface area contributed by atoms with Crippen molar-refractivity contribution in [2.45, 2.75) is 39.7 Å². The summed E-state index contributed by atoms with van der Waals surface area (Å²) < 4.78 is 0. The molecule has 0 heterocycles. The van der Waals surface area contributed by atoms with E-state index in [0.29, 0.717) is 5.92 Å². The quantitative estimate of drug-likeness (QED) is 0.638. The first kappa shape index (κ1) is 10.9. The summed E-state index contributed by atoms with van der Waals surface area (Å²) in [5, 5.41) is 18.1. The Morgan fingerprint density at radius 2 is 1.82 bits per heavy atom. The average Bonchev–Trinajstić information content (AvgIpc) is 1.98. The van der Waals surface area contributed by atoms with Crippen LogP contribution in [0.3, 0.4) is 0 Å². The summed E-state index contributed by atoms with van der Waals surface area (Å²) in [5.41, 5.74) is 0. The molecular formula is C9H20O2. The lowest BCUT2D eigenvalue weighted by atomic mass is 9.87. The first-order valence-corrected chi connectivity index (χ1v) is 4.42. The van der Waals surface area contributed by atoms with Crippen molar-refractivity contribution in [1.82, 2.24) is 0 Å². The molecule has 0 saturated heterocycles. The third-order valence-corrected chi connectivity index (χ3v) is 2.16. The van der Waals surface area contributed by atoms with Gasteiger partial charge in [-0.1, -0.05) is 27.2 Å². The highest BCUT2D eigenvalue weighted by atomic mass is 16.3. The molecule has 0 bridgehead atoms. The molecule has 0 aromatic carbocycles. The fourth-order valence-electron chi connectivity index (χ4n) is 1.44. The summed E-state index contributed by atoms with van der Waals surface area (Å²) in [7, 11) is 0. The van der Waals surface area contributed by atoms with Gasteiger partial charge in [0.05, 0.1) is 12.7 Å². The van der Waals surface area contributed by atoms with Gasteiger partial charge in [-0.05, 0) is 18.3 Å². The normalized spacial score (nSPS) is 16.9. The molecule has 0 aromatic rings. The SMILES string of the molecule is CCC[C@@H](C(C)C)[C@H](O)CO. The molecule has 0 unspecified atom stereocenters. The minimum Gasteiger partial charge on any atom is -0.394 e. The maximum absolute atomic E-state index is 9.37. The van der Waals surface area contributed by atoms with Crippen molar-refractivity contribution in [2.75, 3.05) is 6.61 Å². The predicted octanol–water partition coefficient (Wildman–Crippen LogP) is 1.41. The van der Waals surface area contributed by atoms with E-state index in [9.17, 15) is 5.11 Å². The molecule has 0 aromatic heterocycles. The Kier molecular flexibility index (Phi) is 5.51. The first-order valence-electron chi connectivity index (χ1n) is 4.42. The van der Waals surface area contributed by atoms with E-state index in [2.05, 4.69) is 20.8 Å².